The van der Waals surface area contributed by atoms with Crippen molar-refractivity contribution in [3.05, 3.63) is 116 Å². The molecule has 4 aromatic rings. The van der Waals surface area contributed by atoms with Gasteiger partial charge in [0.2, 0.25) is 0 Å². The summed E-state index contributed by atoms with van der Waals surface area (Å²) >= 11 is 14.4. The number of carbonyl (C=O) groups is 1. The van der Waals surface area contributed by atoms with Crippen molar-refractivity contribution >= 4 is 66.8 Å². The van der Waals surface area contributed by atoms with Gasteiger partial charge in [-0.15, -0.1) is 0 Å². The molecule has 0 radical (unpaired) electrons. The quantitative estimate of drug-likeness (QED) is 0.179. The summed E-state index contributed by atoms with van der Waals surface area (Å²) in [6.45, 7) is 3.99. The third kappa shape index (κ3) is 6.51. The van der Waals surface area contributed by atoms with Crippen LogP contribution in [0.25, 0.3) is 6.08 Å². The number of ether oxygens (including phenoxy) is 4. The second kappa shape index (κ2) is 13.7. The smallest absolute Gasteiger partial charge is 0.338 e. The van der Waals surface area contributed by atoms with Crippen molar-refractivity contribution in [2.24, 2.45) is 4.99 Å². The highest BCUT2D eigenvalue weighted by Gasteiger charge is 2.33. The average Bonchev–Trinajstić information content (AvgIpc) is 3.30. The van der Waals surface area contributed by atoms with Crippen molar-refractivity contribution in [3.8, 4) is 17.2 Å². The number of hydrogen-bond donors (Lipinski definition) is 0. The summed E-state index contributed by atoms with van der Waals surface area (Å²) in [4.78, 5) is 32.3. The molecule has 228 valence electrons. The number of halogens is 3. The fraction of sp³-hybridized carbons (Fsp3) is 0.219. The first kappa shape index (κ1) is 32.0. The van der Waals surface area contributed by atoms with E-state index in [2.05, 4.69) is 36.9 Å². The highest BCUT2D eigenvalue weighted by Crippen LogP contribution is 2.38. The molecule has 3 aromatic carbocycles. The van der Waals surface area contributed by atoms with Crippen LogP contribution in [0.15, 0.2) is 84.6 Å². The first-order valence-electron chi connectivity index (χ1n) is 13.4. The van der Waals surface area contributed by atoms with Crippen molar-refractivity contribution in [3.63, 3.8) is 0 Å². The van der Waals surface area contributed by atoms with Crippen LogP contribution in [0, 0.1) is 0 Å². The summed E-state index contributed by atoms with van der Waals surface area (Å²) in [5, 5.41) is 0.651. The van der Waals surface area contributed by atoms with Crippen LogP contribution in [0.3, 0.4) is 0 Å². The maximum atomic E-state index is 14.0. The molecule has 0 unspecified atom stereocenters. The Morgan fingerprint density at radius 1 is 1.05 bits per heavy atom. The Morgan fingerprint density at radius 3 is 2.43 bits per heavy atom. The van der Waals surface area contributed by atoms with Gasteiger partial charge in [-0.25, -0.2) is 9.79 Å². The molecule has 0 N–H and O–H groups in total. The second-order valence-corrected chi connectivity index (χ2v) is 12.8. The zero-order chi connectivity index (χ0) is 31.5. The molecule has 0 bridgehead atoms. The summed E-state index contributed by atoms with van der Waals surface area (Å²) in [6, 6.07) is 15.7. The normalized spacial score (nSPS) is 14.6. The van der Waals surface area contributed by atoms with Gasteiger partial charge in [-0.3, -0.25) is 9.36 Å². The number of carbonyl (C=O) groups excluding carboxylic acids is 1. The van der Waals surface area contributed by atoms with Gasteiger partial charge in [-0.2, -0.15) is 0 Å². The topological polar surface area (TPSA) is 88.4 Å². The molecule has 1 aliphatic rings. The van der Waals surface area contributed by atoms with Crippen molar-refractivity contribution < 1.29 is 23.7 Å². The van der Waals surface area contributed by atoms with E-state index in [4.69, 9.17) is 30.5 Å². The lowest BCUT2D eigenvalue weighted by Crippen LogP contribution is -2.40. The molecule has 1 aliphatic heterocycles. The van der Waals surface area contributed by atoms with E-state index < -0.39 is 12.0 Å². The molecule has 5 rings (SSSR count). The minimum absolute atomic E-state index is 0.190. The summed E-state index contributed by atoms with van der Waals surface area (Å²) in [5.74, 6) is 1.12. The molecule has 0 amide bonds. The zero-order valence-corrected chi connectivity index (χ0v) is 28.9. The van der Waals surface area contributed by atoms with Crippen LogP contribution in [0.2, 0.25) is 5.02 Å². The number of thiazole rings is 1. The maximum Gasteiger partial charge on any atom is 0.338 e. The van der Waals surface area contributed by atoms with E-state index in [1.807, 2.05) is 30.3 Å². The summed E-state index contributed by atoms with van der Waals surface area (Å²) in [5.41, 5.74) is 2.86. The number of nitrogens with zero attached hydrogens (tertiary/aromatic N) is 2. The molecule has 1 atom stereocenters. The summed E-state index contributed by atoms with van der Waals surface area (Å²) in [6.07, 6.45) is 1.77. The largest absolute Gasteiger partial charge is 0.496 e. The number of aromatic nitrogens is 1. The third-order valence-corrected chi connectivity index (χ3v) is 9.30. The first-order valence-corrected chi connectivity index (χ1v) is 16.2. The molecule has 0 saturated heterocycles. The first-order chi connectivity index (χ1) is 21.1. The van der Waals surface area contributed by atoms with Crippen LogP contribution in [0.4, 0.5) is 0 Å². The van der Waals surface area contributed by atoms with E-state index in [-0.39, 0.29) is 12.2 Å². The number of esters is 1. The van der Waals surface area contributed by atoms with E-state index in [9.17, 15) is 9.59 Å². The van der Waals surface area contributed by atoms with E-state index in [0.29, 0.717) is 69.6 Å². The van der Waals surface area contributed by atoms with Crippen molar-refractivity contribution in [2.45, 2.75) is 26.5 Å². The molecular weight excluding hydrogens is 736 g/mol. The van der Waals surface area contributed by atoms with Gasteiger partial charge in [0.25, 0.3) is 5.56 Å². The molecule has 1 aromatic heterocycles. The predicted molar refractivity (Wildman–Crippen MR) is 178 cm³/mol. The number of benzene rings is 3. The molecule has 0 saturated carbocycles. The van der Waals surface area contributed by atoms with E-state index in [1.54, 1.807) is 63.0 Å². The average molecular weight is 763 g/mol. The van der Waals surface area contributed by atoms with E-state index in [0.717, 1.165) is 5.56 Å². The number of allylic oxidation sites excluding steroid dienone is 1. The van der Waals surface area contributed by atoms with Gasteiger partial charge in [-0.1, -0.05) is 41.1 Å². The minimum atomic E-state index is -0.750. The van der Waals surface area contributed by atoms with Crippen LogP contribution in [-0.4, -0.2) is 31.4 Å². The SMILES string of the molecule is CCOC(=O)C1=C(C)N=c2s/c(=C/c3cc(Br)c(OCc4ccc(Cl)cc4)c(OC)c3)c(=O)n2[C@H]1c1ccc(OC)c(Br)c1. The fourth-order valence-electron chi connectivity index (χ4n) is 4.81. The Kier molecular flexibility index (Phi) is 9.99. The summed E-state index contributed by atoms with van der Waals surface area (Å²) in [7, 11) is 3.13. The van der Waals surface area contributed by atoms with Crippen LogP contribution in [-0.2, 0) is 16.1 Å². The van der Waals surface area contributed by atoms with E-state index in [1.165, 1.54) is 11.3 Å². The Hall–Kier alpha value is -3.38. The van der Waals surface area contributed by atoms with Crippen molar-refractivity contribution in [1.29, 1.82) is 0 Å². The third-order valence-electron chi connectivity index (χ3n) is 6.85. The van der Waals surface area contributed by atoms with Gasteiger partial charge in [-0.05, 0) is 105 Å². The monoisotopic (exact) mass is 760 g/mol. The highest BCUT2D eigenvalue weighted by molar-refractivity contribution is 9.11. The molecule has 0 aliphatic carbocycles. The number of fused-ring (bicyclic) bond motifs is 1. The molecule has 12 heteroatoms. The Balaban J connectivity index is 1.58. The number of rotatable bonds is 9. The van der Waals surface area contributed by atoms with Crippen LogP contribution in [0.1, 0.15) is 36.6 Å². The van der Waals surface area contributed by atoms with Crippen LogP contribution in [0.5, 0.6) is 17.2 Å². The van der Waals surface area contributed by atoms with Crippen molar-refractivity contribution in [2.75, 3.05) is 20.8 Å². The lowest BCUT2D eigenvalue weighted by molar-refractivity contribution is -0.139. The minimum Gasteiger partial charge on any atom is -0.496 e. The van der Waals surface area contributed by atoms with Crippen LogP contribution < -0.4 is 29.1 Å². The molecule has 0 spiro atoms. The van der Waals surface area contributed by atoms with Crippen molar-refractivity contribution in [1.82, 2.24) is 4.57 Å². The standard InChI is InChI=1S/C32H27Br2ClN2O6S/c1-5-42-31(39)27-17(2)36-32-37(28(27)20-8-11-24(40-3)22(33)15-20)30(38)26(44-32)14-19-12-23(34)29(25(13-19)41-4)43-16-18-6-9-21(35)10-7-18/h6-15,28H,5,16H2,1-4H3/b26-14+/t28-/m0/s1. The lowest BCUT2D eigenvalue weighted by atomic mass is 9.96. The van der Waals surface area contributed by atoms with Gasteiger partial charge >= 0.3 is 5.97 Å². The number of methoxy groups -OCH3 is 2. The van der Waals surface area contributed by atoms with Gasteiger partial charge in [0.1, 0.15) is 12.4 Å². The fourth-order valence-corrected chi connectivity index (χ4v) is 7.12. The van der Waals surface area contributed by atoms with Gasteiger partial charge < -0.3 is 18.9 Å². The predicted octanol–water partition coefficient (Wildman–Crippen LogP) is 6.57. The molecule has 0 fully saturated rings. The molecule has 2 heterocycles. The Bertz CT molecular complexity index is 1950. The van der Waals surface area contributed by atoms with Gasteiger partial charge in [0.15, 0.2) is 16.3 Å². The summed E-state index contributed by atoms with van der Waals surface area (Å²) < 4.78 is 25.8. The second-order valence-electron chi connectivity index (χ2n) is 9.65. The number of hydrogen-bond acceptors (Lipinski definition) is 8. The zero-order valence-electron chi connectivity index (χ0n) is 24.2. The Labute approximate surface area is 279 Å². The highest BCUT2D eigenvalue weighted by atomic mass is 79.9. The molecule has 8 nitrogen and oxygen atoms in total. The van der Waals surface area contributed by atoms with Crippen LogP contribution >= 0.6 is 54.8 Å². The maximum absolute atomic E-state index is 14.0. The molecule has 44 heavy (non-hydrogen) atoms. The van der Waals surface area contributed by atoms with Gasteiger partial charge in [0, 0.05) is 5.02 Å². The van der Waals surface area contributed by atoms with E-state index >= 15 is 0 Å². The lowest BCUT2D eigenvalue weighted by Gasteiger charge is -2.25. The molecular formula is C32H27Br2ClN2O6S. The Morgan fingerprint density at radius 2 is 1.77 bits per heavy atom. The van der Waals surface area contributed by atoms with Gasteiger partial charge in [0.05, 0.1) is 51.6 Å².